The molecule has 2 aromatic heterocycles. The minimum absolute atomic E-state index is 0.00321. The van der Waals surface area contributed by atoms with Crippen molar-refractivity contribution >= 4 is 17.8 Å². The highest BCUT2D eigenvalue weighted by molar-refractivity contribution is 5.96. The number of H-pyrrole nitrogens is 1. The van der Waals surface area contributed by atoms with Crippen molar-refractivity contribution < 1.29 is 23.1 Å². The molecule has 3 N–H and O–H groups in total. The molecule has 4 rings (SSSR count). The third kappa shape index (κ3) is 6.84. The molecule has 1 aromatic carbocycles. The molecule has 0 spiro atoms. The number of pyridine rings is 1. The van der Waals surface area contributed by atoms with Crippen molar-refractivity contribution in [3.8, 4) is 0 Å². The monoisotopic (exact) mass is 527 g/mol. The van der Waals surface area contributed by atoms with E-state index in [1.54, 1.807) is 37.4 Å². The highest BCUT2D eigenvalue weighted by Crippen LogP contribution is 2.37. The van der Waals surface area contributed by atoms with Gasteiger partial charge in [-0.1, -0.05) is 30.3 Å². The largest absolute Gasteiger partial charge is 0.445 e. The van der Waals surface area contributed by atoms with Crippen molar-refractivity contribution in [3.63, 3.8) is 0 Å². The topological polar surface area (TPSA) is 118 Å². The van der Waals surface area contributed by atoms with Crippen LogP contribution in [0.1, 0.15) is 55.5 Å². The van der Waals surface area contributed by atoms with E-state index in [0.717, 1.165) is 16.8 Å². The van der Waals surface area contributed by atoms with Gasteiger partial charge in [0.05, 0.1) is 6.04 Å². The first-order valence-electron chi connectivity index (χ1n) is 12.5. The molecule has 2 heterocycles. The van der Waals surface area contributed by atoms with Gasteiger partial charge in [-0.3, -0.25) is 9.36 Å². The van der Waals surface area contributed by atoms with Gasteiger partial charge in [0, 0.05) is 30.9 Å². The number of aromatic nitrogens is 3. The molecule has 202 valence electrons. The van der Waals surface area contributed by atoms with E-state index in [1.807, 2.05) is 25.1 Å². The summed E-state index contributed by atoms with van der Waals surface area (Å²) in [6.07, 6.45) is 1.81. The Bertz CT molecular complexity index is 1310. The van der Waals surface area contributed by atoms with Crippen LogP contribution in [-0.2, 0) is 16.1 Å². The number of aryl methyl sites for hydroxylation is 1. The Balaban J connectivity index is 1.47. The van der Waals surface area contributed by atoms with Gasteiger partial charge in [0.25, 0.3) is 0 Å². The van der Waals surface area contributed by atoms with E-state index in [2.05, 4.69) is 20.6 Å². The lowest BCUT2D eigenvalue weighted by molar-refractivity contribution is -0.121. The fourth-order valence-electron chi connectivity index (χ4n) is 4.65. The summed E-state index contributed by atoms with van der Waals surface area (Å²) in [4.78, 5) is 45.0. The van der Waals surface area contributed by atoms with Crippen LogP contribution in [0.25, 0.3) is 0 Å². The summed E-state index contributed by atoms with van der Waals surface area (Å²) in [5, 5.41) is 5.29. The third-order valence-electron chi connectivity index (χ3n) is 6.81. The first-order valence-corrected chi connectivity index (χ1v) is 12.5. The number of ether oxygens (including phenoxy) is 1. The predicted molar refractivity (Wildman–Crippen MR) is 137 cm³/mol. The number of carbonyl (C=O) groups is 2. The lowest BCUT2D eigenvalue weighted by atomic mass is 9.81. The van der Waals surface area contributed by atoms with Crippen LogP contribution in [0.3, 0.4) is 0 Å². The Morgan fingerprint density at radius 1 is 1.21 bits per heavy atom. The van der Waals surface area contributed by atoms with Gasteiger partial charge in [0.2, 0.25) is 11.8 Å². The lowest BCUT2D eigenvalue weighted by Crippen LogP contribution is -2.50. The van der Waals surface area contributed by atoms with Crippen LogP contribution in [0, 0.1) is 12.8 Å². The van der Waals surface area contributed by atoms with Gasteiger partial charge in [-0.05, 0) is 55.9 Å². The van der Waals surface area contributed by atoms with Crippen molar-refractivity contribution in [2.24, 2.45) is 5.92 Å². The molecular weight excluding hydrogens is 496 g/mol. The van der Waals surface area contributed by atoms with Gasteiger partial charge in [-0.2, -0.15) is 0 Å². The second-order valence-corrected chi connectivity index (χ2v) is 9.67. The van der Waals surface area contributed by atoms with Crippen molar-refractivity contribution in [1.82, 2.24) is 19.9 Å². The Morgan fingerprint density at radius 2 is 1.92 bits per heavy atom. The lowest BCUT2D eigenvalue weighted by Gasteiger charge is -2.33. The van der Waals surface area contributed by atoms with Crippen LogP contribution in [0.5, 0.6) is 0 Å². The number of alkyl halides is 2. The number of amides is 2. The number of benzene rings is 1. The summed E-state index contributed by atoms with van der Waals surface area (Å²) >= 11 is 0. The molecule has 0 saturated heterocycles. The maximum Gasteiger partial charge on any atom is 0.408 e. The number of imidazole rings is 1. The van der Waals surface area contributed by atoms with Crippen LogP contribution in [0.15, 0.2) is 59.7 Å². The van der Waals surface area contributed by atoms with Crippen LogP contribution in [0.2, 0.25) is 0 Å². The molecule has 38 heavy (non-hydrogen) atoms. The maximum absolute atomic E-state index is 13.8. The van der Waals surface area contributed by atoms with E-state index in [9.17, 15) is 23.2 Å². The third-order valence-corrected chi connectivity index (χ3v) is 6.81. The summed E-state index contributed by atoms with van der Waals surface area (Å²) in [5.41, 5.74) is 1.95. The number of nitrogens with one attached hydrogen (secondary N) is 3. The van der Waals surface area contributed by atoms with E-state index in [0.29, 0.717) is 0 Å². The summed E-state index contributed by atoms with van der Waals surface area (Å²) in [5.74, 6) is -3.65. The minimum Gasteiger partial charge on any atom is -0.445 e. The molecule has 3 aromatic rings. The second kappa shape index (κ2) is 11.6. The van der Waals surface area contributed by atoms with Gasteiger partial charge in [-0.25, -0.2) is 23.4 Å². The van der Waals surface area contributed by atoms with E-state index < -0.39 is 29.9 Å². The molecule has 0 radical (unpaired) electrons. The highest BCUT2D eigenvalue weighted by Gasteiger charge is 2.40. The molecule has 0 bridgehead atoms. The maximum atomic E-state index is 13.8. The van der Waals surface area contributed by atoms with Crippen molar-refractivity contribution in [1.29, 1.82) is 0 Å². The van der Waals surface area contributed by atoms with Crippen molar-refractivity contribution in [2.45, 2.75) is 64.1 Å². The number of aromatic amines is 1. The highest BCUT2D eigenvalue weighted by atomic mass is 19.3. The SMILES string of the molecule is Cc1cn([C@H](C)c2ccnc(NC(=O)[C@@H](NC(=O)OCc3ccccc3)C3CCC(F)(F)CC3)c2)c(=O)[nH]1. The molecule has 1 saturated carbocycles. The quantitative estimate of drug-likeness (QED) is 0.397. The Hall–Kier alpha value is -4.02. The molecule has 1 fully saturated rings. The molecule has 0 unspecified atom stereocenters. The minimum atomic E-state index is -2.79. The number of nitrogens with zero attached hydrogens (tertiary/aromatic N) is 2. The van der Waals surface area contributed by atoms with Crippen molar-refractivity contribution in [3.05, 3.63) is 82.2 Å². The number of halogens is 2. The summed E-state index contributed by atoms with van der Waals surface area (Å²) < 4.78 is 34.4. The molecule has 1 aliphatic carbocycles. The molecule has 2 atom stereocenters. The standard InChI is InChI=1S/C27H31F2N5O4/c1-17-15-34(25(36)31-17)18(2)21-10-13-30-22(14-21)32-24(35)23(20-8-11-27(28,29)12-9-20)33-26(37)38-16-19-6-4-3-5-7-19/h3-7,10,13-15,18,20,23H,8-9,11-12,16H2,1-2H3,(H,31,36)(H,33,37)(H,30,32,35)/t18-,23+/m1/s1. The zero-order valence-electron chi connectivity index (χ0n) is 21.2. The smallest absolute Gasteiger partial charge is 0.408 e. The number of anilines is 1. The number of hydrogen-bond donors (Lipinski definition) is 3. The van der Waals surface area contributed by atoms with Crippen LogP contribution in [0.4, 0.5) is 19.4 Å². The summed E-state index contributed by atoms with van der Waals surface area (Å²) in [6, 6.07) is 11.0. The Kier molecular flexibility index (Phi) is 8.23. The molecule has 9 nitrogen and oxygen atoms in total. The van der Waals surface area contributed by atoms with E-state index >= 15 is 0 Å². The van der Waals surface area contributed by atoms with Crippen LogP contribution < -0.4 is 16.3 Å². The van der Waals surface area contributed by atoms with Gasteiger partial charge >= 0.3 is 11.8 Å². The van der Waals surface area contributed by atoms with E-state index in [1.165, 1.54) is 10.8 Å². The average Bonchev–Trinajstić information content (AvgIpc) is 3.24. The van der Waals surface area contributed by atoms with E-state index in [-0.39, 0.29) is 49.8 Å². The zero-order chi connectivity index (χ0) is 27.3. The Morgan fingerprint density at radius 3 is 2.58 bits per heavy atom. The molecule has 2 amide bonds. The van der Waals surface area contributed by atoms with Crippen molar-refractivity contribution in [2.75, 3.05) is 5.32 Å². The number of carbonyl (C=O) groups excluding carboxylic acids is 2. The summed E-state index contributed by atoms with van der Waals surface area (Å²) in [6.45, 7) is 3.62. The Labute approximate surface area is 218 Å². The molecule has 11 heteroatoms. The molecule has 0 aliphatic heterocycles. The molecular formula is C27H31F2N5O4. The average molecular weight is 528 g/mol. The zero-order valence-corrected chi connectivity index (χ0v) is 21.2. The van der Waals surface area contributed by atoms with Crippen LogP contribution in [-0.4, -0.2) is 38.5 Å². The van der Waals surface area contributed by atoms with Gasteiger partial charge in [-0.15, -0.1) is 0 Å². The fourth-order valence-corrected chi connectivity index (χ4v) is 4.65. The number of rotatable bonds is 8. The first-order chi connectivity index (χ1) is 18.1. The number of hydrogen-bond acceptors (Lipinski definition) is 5. The van der Waals surface area contributed by atoms with E-state index in [4.69, 9.17) is 4.74 Å². The fraction of sp³-hybridized carbons (Fsp3) is 0.407. The second-order valence-electron chi connectivity index (χ2n) is 9.67. The summed E-state index contributed by atoms with van der Waals surface area (Å²) in [7, 11) is 0. The normalized spacial score (nSPS) is 16.8. The number of alkyl carbamates (subject to hydrolysis) is 1. The van der Waals surface area contributed by atoms with Gasteiger partial charge in [0.1, 0.15) is 18.5 Å². The first kappa shape index (κ1) is 27.0. The molecule has 1 aliphatic rings. The van der Waals surface area contributed by atoms with Gasteiger partial charge < -0.3 is 20.4 Å². The van der Waals surface area contributed by atoms with Crippen LogP contribution >= 0.6 is 0 Å². The predicted octanol–water partition coefficient (Wildman–Crippen LogP) is 4.55. The van der Waals surface area contributed by atoms with Gasteiger partial charge in [0.15, 0.2) is 0 Å².